The van der Waals surface area contributed by atoms with E-state index in [1.54, 1.807) is 0 Å². The van der Waals surface area contributed by atoms with Gasteiger partial charge in [0.1, 0.15) is 0 Å². The second-order valence-electron chi connectivity index (χ2n) is 7.16. The molecule has 0 spiro atoms. The average Bonchev–Trinajstić information content (AvgIpc) is 2.62. The number of aromatic amines is 1. The molecule has 1 atom stereocenters. The predicted octanol–water partition coefficient (Wildman–Crippen LogP) is 1.20. The van der Waals surface area contributed by atoms with Gasteiger partial charge in [0.15, 0.2) is 0 Å². The van der Waals surface area contributed by atoms with Crippen molar-refractivity contribution in [1.82, 2.24) is 20.2 Å². The fourth-order valence-corrected chi connectivity index (χ4v) is 3.81. The van der Waals surface area contributed by atoms with Gasteiger partial charge in [0.05, 0.1) is 24.5 Å². The van der Waals surface area contributed by atoms with Crippen molar-refractivity contribution in [2.75, 3.05) is 13.1 Å². The van der Waals surface area contributed by atoms with Crippen LogP contribution in [0.3, 0.4) is 0 Å². The van der Waals surface area contributed by atoms with Crippen LogP contribution in [0, 0.1) is 11.8 Å². The van der Waals surface area contributed by atoms with E-state index in [1.807, 2.05) is 4.90 Å². The van der Waals surface area contributed by atoms with E-state index in [9.17, 15) is 14.4 Å². The molecular formula is C18H26N4O3. The number of hydrogen-bond acceptors (Lipinski definition) is 4. The van der Waals surface area contributed by atoms with Crippen LogP contribution in [0.2, 0.25) is 0 Å². The molecule has 2 amide bonds. The summed E-state index contributed by atoms with van der Waals surface area (Å²) in [5, 5.41) is 2.84. The number of nitrogens with one attached hydrogen (secondary N) is 2. The number of nitrogens with zero attached hydrogens (tertiary/aromatic N) is 2. The lowest BCUT2D eigenvalue weighted by atomic mass is 9.87. The number of carbonyl (C=O) groups is 2. The first-order chi connectivity index (χ1) is 12.1. The first kappa shape index (κ1) is 17.6. The number of aromatic nitrogens is 2. The third kappa shape index (κ3) is 4.90. The zero-order chi connectivity index (χ0) is 17.6. The molecule has 0 unspecified atom stereocenters. The summed E-state index contributed by atoms with van der Waals surface area (Å²) >= 11 is 0. The number of carbonyl (C=O) groups excluding carboxylic acids is 2. The average molecular weight is 346 g/mol. The molecular weight excluding hydrogens is 320 g/mol. The van der Waals surface area contributed by atoms with E-state index in [-0.39, 0.29) is 29.8 Å². The second kappa shape index (κ2) is 8.27. The minimum atomic E-state index is -0.235. The molecule has 2 fully saturated rings. The van der Waals surface area contributed by atoms with Gasteiger partial charge in [0.25, 0.3) is 5.56 Å². The third-order valence-electron chi connectivity index (χ3n) is 5.25. The van der Waals surface area contributed by atoms with Gasteiger partial charge < -0.3 is 15.2 Å². The van der Waals surface area contributed by atoms with Gasteiger partial charge >= 0.3 is 0 Å². The molecule has 0 radical (unpaired) electrons. The molecule has 7 heteroatoms. The van der Waals surface area contributed by atoms with Crippen molar-refractivity contribution in [3.05, 3.63) is 28.4 Å². The van der Waals surface area contributed by atoms with E-state index in [4.69, 9.17) is 0 Å². The molecule has 1 aromatic rings. The number of rotatable bonds is 5. The summed E-state index contributed by atoms with van der Waals surface area (Å²) in [6, 6.07) is 1.38. The first-order valence-electron chi connectivity index (χ1n) is 9.21. The molecule has 1 aliphatic heterocycles. The Bertz CT molecular complexity index is 666. The first-order valence-corrected chi connectivity index (χ1v) is 9.21. The molecule has 3 rings (SSSR count). The van der Waals surface area contributed by atoms with Gasteiger partial charge in [-0.05, 0) is 25.2 Å². The molecule has 2 aliphatic rings. The summed E-state index contributed by atoms with van der Waals surface area (Å²) in [5.74, 6) is 0.511. The van der Waals surface area contributed by atoms with Crippen LogP contribution in [-0.2, 0) is 16.1 Å². The fraction of sp³-hybridized carbons (Fsp3) is 0.667. The maximum Gasteiger partial charge on any atom is 0.250 e. The molecule has 0 bridgehead atoms. The van der Waals surface area contributed by atoms with Crippen LogP contribution >= 0.6 is 0 Å². The van der Waals surface area contributed by atoms with E-state index in [1.165, 1.54) is 44.5 Å². The van der Waals surface area contributed by atoms with Crippen molar-refractivity contribution < 1.29 is 9.59 Å². The summed E-state index contributed by atoms with van der Waals surface area (Å²) in [4.78, 5) is 44.2. The molecule has 2 heterocycles. The SMILES string of the molecule is O=C(NCc1cc(=O)[nH]cn1)[C@H]1CCC(=O)N(CC2CCCCC2)C1. The van der Waals surface area contributed by atoms with Crippen LogP contribution < -0.4 is 10.9 Å². The van der Waals surface area contributed by atoms with Crippen molar-refractivity contribution >= 4 is 11.8 Å². The molecule has 136 valence electrons. The van der Waals surface area contributed by atoms with Gasteiger partial charge in [-0.15, -0.1) is 0 Å². The molecule has 2 N–H and O–H groups in total. The Morgan fingerprint density at radius 1 is 1.24 bits per heavy atom. The Morgan fingerprint density at radius 3 is 2.80 bits per heavy atom. The highest BCUT2D eigenvalue weighted by molar-refractivity contribution is 5.83. The van der Waals surface area contributed by atoms with Gasteiger partial charge in [-0.3, -0.25) is 14.4 Å². The monoisotopic (exact) mass is 346 g/mol. The summed E-state index contributed by atoms with van der Waals surface area (Å²) < 4.78 is 0. The standard InChI is InChI=1S/C18H26N4O3/c23-16-8-15(20-12-21-16)9-19-18(25)14-6-7-17(24)22(11-14)10-13-4-2-1-3-5-13/h8,12-14H,1-7,9-11H2,(H,19,25)(H,20,21,23)/t14-/m0/s1. The van der Waals surface area contributed by atoms with Crippen LogP contribution in [0.5, 0.6) is 0 Å². The highest BCUT2D eigenvalue weighted by atomic mass is 16.2. The Hall–Kier alpha value is -2.18. The van der Waals surface area contributed by atoms with E-state index < -0.39 is 0 Å². The molecule has 25 heavy (non-hydrogen) atoms. The van der Waals surface area contributed by atoms with Gasteiger partial charge in [-0.1, -0.05) is 19.3 Å². The summed E-state index contributed by atoms with van der Waals surface area (Å²) in [6.07, 6.45) is 8.53. The highest BCUT2D eigenvalue weighted by Gasteiger charge is 2.31. The minimum absolute atomic E-state index is 0.0665. The van der Waals surface area contributed by atoms with Crippen LogP contribution in [0.15, 0.2) is 17.2 Å². The normalized spacial score (nSPS) is 22.0. The van der Waals surface area contributed by atoms with E-state index in [0.29, 0.717) is 31.0 Å². The van der Waals surface area contributed by atoms with Gasteiger partial charge in [0.2, 0.25) is 11.8 Å². The highest BCUT2D eigenvalue weighted by Crippen LogP contribution is 2.27. The molecule has 1 aromatic heterocycles. The lowest BCUT2D eigenvalue weighted by Gasteiger charge is -2.35. The Morgan fingerprint density at radius 2 is 2.04 bits per heavy atom. The number of hydrogen-bond donors (Lipinski definition) is 2. The molecule has 7 nitrogen and oxygen atoms in total. The van der Waals surface area contributed by atoms with Gasteiger partial charge in [0, 0.05) is 25.6 Å². The van der Waals surface area contributed by atoms with Crippen molar-refractivity contribution in [2.45, 2.75) is 51.5 Å². The van der Waals surface area contributed by atoms with Crippen LogP contribution in [-0.4, -0.2) is 39.8 Å². The van der Waals surface area contributed by atoms with Crippen molar-refractivity contribution in [3.8, 4) is 0 Å². The topological polar surface area (TPSA) is 95.2 Å². The maximum atomic E-state index is 12.4. The van der Waals surface area contributed by atoms with Gasteiger partial charge in [-0.25, -0.2) is 4.98 Å². The minimum Gasteiger partial charge on any atom is -0.350 e. The van der Waals surface area contributed by atoms with Crippen LogP contribution in [0.4, 0.5) is 0 Å². The third-order valence-corrected chi connectivity index (χ3v) is 5.25. The summed E-state index contributed by atoms with van der Waals surface area (Å²) in [5.41, 5.74) is 0.296. The fourth-order valence-electron chi connectivity index (χ4n) is 3.81. The lowest BCUT2D eigenvalue weighted by Crippen LogP contribution is -2.47. The quantitative estimate of drug-likeness (QED) is 0.837. The van der Waals surface area contributed by atoms with Crippen LogP contribution in [0.25, 0.3) is 0 Å². The molecule has 1 aliphatic carbocycles. The zero-order valence-electron chi connectivity index (χ0n) is 14.5. The van der Waals surface area contributed by atoms with E-state index in [2.05, 4.69) is 15.3 Å². The smallest absolute Gasteiger partial charge is 0.250 e. The van der Waals surface area contributed by atoms with Crippen molar-refractivity contribution in [1.29, 1.82) is 0 Å². The number of amides is 2. The summed E-state index contributed by atoms with van der Waals surface area (Å²) in [6.45, 7) is 1.53. The Balaban J connectivity index is 1.51. The largest absolute Gasteiger partial charge is 0.350 e. The van der Waals surface area contributed by atoms with Gasteiger partial charge in [-0.2, -0.15) is 0 Å². The van der Waals surface area contributed by atoms with Crippen molar-refractivity contribution in [3.63, 3.8) is 0 Å². The van der Waals surface area contributed by atoms with Crippen LogP contribution in [0.1, 0.15) is 50.6 Å². The summed E-state index contributed by atoms with van der Waals surface area (Å²) in [7, 11) is 0. The Labute approximate surface area is 147 Å². The lowest BCUT2D eigenvalue weighted by molar-refractivity contribution is -0.139. The Kier molecular flexibility index (Phi) is 5.83. The maximum absolute atomic E-state index is 12.4. The number of piperidine rings is 1. The van der Waals surface area contributed by atoms with E-state index in [0.717, 1.165) is 6.54 Å². The van der Waals surface area contributed by atoms with E-state index >= 15 is 0 Å². The zero-order valence-corrected chi connectivity index (χ0v) is 14.5. The second-order valence-corrected chi connectivity index (χ2v) is 7.16. The molecule has 1 saturated heterocycles. The number of H-pyrrole nitrogens is 1. The molecule has 0 aromatic carbocycles. The van der Waals surface area contributed by atoms with Crippen molar-refractivity contribution in [2.24, 2.45) is 11.8 Å². The predicted molar refractivity (Wildman–Crippen MR) is 92.6 cm³/mol. The molecule has 1 saturated carbocycles. The number of likely N-dealkylation sites (tertiary alicyclic amines) is 1.